The summed E-state index contributed by atoms with van der Waals surface area (Å²) >= 11 is 0. The van der Waals surface area contributed by atoms with Gasteiger partial charge in [-0.2, -0.15) is 0 Å². The summed E-state index contributed by atoms with van der Waals surface area (Å²) in [5.74, 6) is -1.68. The number of carbonyl (C=O) groups excluding carboxylic acids is 3. The van der Waals surface area contributed by atoms with Crippen molar-refractivity contribution in [2.24, 2.45) is 5.73 Å². The Balaban J connectivity index is 1.89. The molecule has 0 saturated carbocycles. The quantitative estimate of drug-likeness (QED) is 0.728. The molecule has 0 aliphatic carbocycles. The van der Waals surface area contributed by atoms with Crippen LogP contribution in [0.4, 0.5) is 5.69 Å². The highest BCUT2D eigenvalue weighted by Gasteiger charge is 2.19. The highest BCUT2D eigenvalue weighted by Crippen LogP contribution is 2.18. The summed E-state index contributed by atoms with van der Waals surface area (Å²) in [5, 5.41) is 2.72. The molecule has 1 atom stereocenters. The van der Waals surface area contributed by atoms with Crippen molar-refractivity contribution in [3.63, 3.8) is 0 Å². The van der Waals surface area contributed by atoms with Crippen molar-refractivity contribution in [1.29, 1.82) is 0 Å². The summed E-state index contributed by atoms with van der Waals surface area (Å²) in [6.45, 7) is 4.85. The molecule has 0 aromatic heterocycles. The second-order valence-corrected chi connectivity index (χ2v) is 6.09. The third-order valence-electron chi connectivity index (χ3n) is 3.82. The number of ether oxygens (including phenoxy) is 2. The number of aryl methyl sites for hydroxylation is 2. The maximum absolute atomic E-state index is 12.2. The van der Waals surface area contributed by atoms with Crippen molar-refractivity contribution in [1.82, 2.24) is 0 Å². The molecular formula is C20H22N2O5. The van der Waals surface area contributed by atoms with E-state index in [1.807, 2.05) is 26.0 Å². The van der Waals surface area contributed by atoms with E-state index in [0.717, 1.165) is 11.1 Å². The van der Waals surface area contributed by atoms with Gasteiger partial charge in [-0.15, -0.1) is 0 Å². The standard InChI is InChI=1S/C20H22N2O5/c1-12-8-9-16(13(2)10-12)22-20(25)14(3)27-18(23)11-26-17-7-5-4-6-15(17)19(21)24/h4-10,14H,11H2,1-3H3,(H2,21,24)(H,22,25)/t14-/m1/s1. The number of esters is 1. The van der Waals surface area contributed by atoms with E-state index in [4.69, 9.17) is 15.2 Å². The lowest BCUT2D eigenvalue weighted by Gasteiger charge is -2.15. The molecule has 7 nitrogen and oxygen atoms in total. The molecule has 0 unspecified atom stereocenters. The number of hydrogen-bond donors (Lipinski definition) is 2. The van der Waals surface area contributed by atoms with Crippen molar-refractivity contribution in [2.45, 2.75) is 26.9 Å². The number of primary amides is 1. The van der Waals surface area contributed by atoms with Gasteiger partial charge in [0.25, 0.3) is 11.8 Å². The van der Waals surface area contributed by atoms with Crippen molar-refractivity contribution in [2.75, 3.05) is 11.9 Å². The van der Waals surface area contributed by atoms with E-state index < -0.39 is 30.5 Å². The fourth-order valence-corrected chi connectivity index (χ4v) is 2.41. The average Bonchev–Trinajstić information content (AvgIpc) is 2.62. The molecule has 0 bridgehead atoms. The largest absolute Gasteiger partial charge is 0.481 e. The van der Waals surface area contributed by atoms with Crippen LogP contribution in [0.3, 0.4) is 0 Å². The summed E-state index contributed by atoms with van der Waals surface area (Å²) in [7, 11) is 0. The SMILES string of the molecule is Cc1ccc(NC(=O)[C@@H](C)OC(=O)COc2ccccc2C(N)=O)c(C)c1. The lowest BCUT2D eigenvalue weighted by molar-refractivity contribution is -0.155. The molecule has 2 aromatic rings. The molecule has 2 aromatic carbocycles. The van der Waals surface area contributed by atoms with E-state index in [1.165, 1.54) is 19.1 Å². The van der Waals surface area contributed by atoms with E-state index in [1.54, 1.807) is 18.2 Å². The molecule has 0 aliphatic heterocycles. The monoisotopic (exact) mass is 370 g/mol. The van der Waals surface area contributed by atoms with Gasteiger partial charge in [0.1, 0.15) is 5.75 Å². The zero-order valence-electron chi connectivity index (χ0n) is 15.4. The van der Waals surface area contributed by atoms with E-state index in [9.17, 15) is 14.4 Å². The maximum atomic E-state index is 12.2. The molecule has 3 N–H and O–H groups in total. The van der Waals surface area contributed by atoms with Crippen LogP contribution in [0.5, 0.6) is 5.75 Å². The first kappa shape index (κ1) is 20.0. The van der Waals surface area contributed by atoms with Gasteiger partial charge in [0.05, 0.1) is 5.56 Å². The van der Waals surface area contributed by atoms with Gasteiger partial charge in [-0.25, -0.2) is 4.79 Å². The predicted molar refractivity (Wildman–Crippen MR) is 101 cm³/mol. The molecule has 7 heteroatoms. The lowest BCUT2D eigenvalue weighted by Crippen LogP contribution is -2.32. The van der Waals surface area contributed by atoms with Gasteiger partial charge < -0.3 is 20.5 Å². The minimum absolute atomic E-state index is 0.158. The number of nitrogens with one attached hydrogen (secondary N) is 1. The Morgan fingerprint density at radius 1 is 1.11 bits per heavy atom. The van der Waals surface area contributed by atoms with E-state index in [-0.39, 0.29) is 11.3 Å². The maximum Gasteiger partial charge on any atom is 0.344 e. The van der Waals surface area contributed by atoms with Crippen molar-refractivity contribution < 1.29 is 23.9 Å². The molecule has 0 fully saturated rings. The van der Waals surface area contributed by atoms with Crippen LogP contribution in [0.25, 0.3) is 0 Å². The van der Waals surface area contributed by atoms with Gasteiger partial charge in [0.15, 0.2) is 12.7 Å². The van der Waals surface area contributed by atoms with Gasteiger partial charge in [0.2, 0.25) is 0 Å². The number of para-hydroxylation sites is 1. The Hall–Kier alpha value is -3.35. The second-order valence-electron chi connectivity index (χ2n) is 6.09. The molecule has 0 radical (unpaired) electrons. The highest BCUT2D eigenvalue weighted by molar-refractivity contribution is 5.96. The minimum Gasteiger partial charge on any atom is -0.481 e. The molecule has 2 rings (SSSR count). The number of benzene rings is 2. The van der Waals surface area contributed by atoms with Gasteiger partial charge in [0, 0.05) is 5.69 Å². The fraction of sp³-hybridized carbons (Fsp3) is 0.250. The number of nitrogens with two attached hydrogens (primary N) is 1. The van der Waals surface area contributed by atoms with E-state index >= 15 is 0 Å². The first-order chi connectivity index (χ1) is 12.8. The van der Waals surface area contributed by atoms with Crippen LogP contribution in [-0.4, -0.2) is 30.5 Å². The molecule has 0 aliphatic rings. The average molecular weight is 370 g/mol. The Kier molecular flexibility index (Phi) is 6.54. The molecule has 2 amide bonds. The number of amides is 2. The zero-order chi connectivity index (χ0) is 20.0. The van der Waals surface area contributed by atoms with Crippen LogP contribution in [0.15, 0.2) is 42.5 Å². The van der Waals surface area contributed by atoms with Crippen LogP contribution in [0, 0.1) is 13.8 Å². The van der Waals surface area contributed by atoms with Gasteiger partial charge >= 0.3 is 5.97 Å². The molecule has 142 valence electrons. The van der Waals surface area contributed by atoms with Gasteiger partial charge in [-0.05, 0) is 44.5 Å². The molecule has 27 heavy (non-hydrogen) atoms. The molecule has 0 saturated heterocycles. The van der Waals surface area contributed by atoms with Crippen LogP contribution >= 0.6 is 0 Å². The Bertz CT molecular complexity index is 863. The Morgan fingerprint density at radius 3 is 2.48 bits per heavy atom. The van der Waals surface area contributed by atoms with Crippen molar-refractivity contribution >= 4 is 23.5 Å². The van der Waals surface area contributed by atoms with Gasteiger partial charge in [-0.3, -0.25) is 9.59 Å². The van der Waals surface area contributed by atoms with Gasteiger partial charge in [-0.1, -0.05) is 29.8 Å². The number of rotatable bonds is 7. The Labute approximate surface area is 157 Å². The summed E-state index contributed by atoms with van der Waals surface area (Å²) in [5.41, 5.74) is 8.05. The molecular weight excluding hydrogens is 348 g/mol. The van der Waals surface area contributed by atoms with E-state index in [0.29, 0.717) is 5.69 Å². The Morgan fingerprint density at radius 2 is 1.81 bits per heavy atom. The first-order valence-electron chi connectivity index (χ1n) is 8.37. The summed E-state index contributed by atoms with van der Waals surface area (Å²) in [6, 6.07) is 11.9. The minimum atomic E-state index is -1.01. The van der Waals surface area contributed by atoms with E-state index in [2.05, 4.69) is 5.32 Å². The lowest BCUT2D eigenvalue weighted by atomic mass is 10.1. The summed E-state index contributed by atoms with van der Waals surface area (Å²) < 4.78 is 10.4. The highest BCUT2D eigenvalue weighted by atomic mass is 16.6. The smallest absolute Gasteiger partial charge is 0.344 e. The summed E-state index contributed by atoms with van der Waals surface area (Å²) in [6.07, 6.45) is -1.01. The molecule has 0 heterocycles. The zero-order valence-corrected chi connectivity index (χ0v) is 15.4. The number of carbonyl (C=O) groups is 3. The first-order valence-corrected chi connectivity index (χ1v) is 8.37. The molecule has 0 spiro atoms. The normalized spacial score (nSPS) is 11.4. The van der Waals surface area contributed by atoms with Crippen LogP contribution in [-0.2, 0) is 14.3 Å². The fourth-order valence-electron chi connectivity index (χ4n) is 2.41. The summed E-state index contributed by atoms with van der Waals surface area (Å²) in [4.78, 5) is 35.5. The van der Waals surface area contributed by atoms with Crippen molar-refractivity contribution in [3.05, 3.63) is 59.2 Å². The number of anilines is 1. The number of hydrogen-bond acceptors (Lipinski definition) is 5. The van der Waals surface area contributed by atoms with Crippen LogP contribution < -0.4 is 15.8 Å². The second kappa shape index (κ2) is 8.84. The third kappa shape index (κ3) is 5.57. The topological polar surface area (TPSA) is 108 Å². The van der Waals surface area contributed by atoms with Crippen molar-refractivity contribution in [3.8, 4) is 5.75 Å². The third-order valence-corrected chi connectivity index (χ3v) is 3.82. The van der Waals surface area contributed by atoms with Crippen LogP contribution in [0.2, 0.25) is 0 Å². The van der Waals surface area contributed by atoms with Crippen LogP contribution in [0.1, 0.15) is 28.4 Å². The predicted octanol–water partition coefficient (Wildman–Crippen LogP) is 2.35.